The standard InChI is InChI=1S/C8H10F3NO4/c9-8(10,11)7(16)12-2-1-4(13)3-5(12)6(14)15/h4-5,13H,1-3H2,(H,14,15)/t4-,5-/m1/s1. The number of carboxylic acid groups (broad SMARTS) is 1. The molecule has 0 radical (unpaired) electrons. The van der Waals surface area contributed by atoms with Gasteiger partial charge in [-0.15, -0.1) is 0 Å². The number of halogens is 3. The maximum Gasteiger partial charge on any atom is 0.471 e. The third-order valence-electron chi connectivity index (χ3n) is 2.36. The first-order valence-electron chi connectivity index (χ1n) is 4.52. The number of hydrogen-bond donors (Lipinski definition) is 2. The maximum absolute atomic E-state index is 12.1. The van der Waals surface area contributed by atoms with Crippen molar-refractivity contribution < 1.29 is 33.0 Å². The van der Waals surface area contributed by atoms with E-state index in [4.69, 9.17) is 10.2 Å². The molecule has 0 aromatic rings. The average Bonchev–Trinajstić information content (AvgIpc) is 2.15. The molecule has 0 aliphatic carbocycles. The zero-order chi connectivity index (χ0) is 12.5. The molecule has 2 N–H and O–H groups in total. The number of piperidine rings is 1. The molecule has 1 heterocycles. The lowest BCUT2D eigenvalue weighted by atomic mass is 9.99. The lowest BCUT2D eigenvalue weighted by Crippen LogP contribution is -2.55. The van der Waals surface area contributed by atoms with Crippen molar-refractivity contribution in [3.63, 3.8) is 0 Å². The second-order valence-electron chi connectivity index (χ2n) is 3.53. The van der Waals surface area contributed by atoms with E-state index >= 15 is 0 Å². The highest BCUT2D eigenvalue weighted by atomic mass is 19.4. The van der Waals surface area contributed by atoms with Crippen LogP contribution in [-0.4, -0.2) is 51.9 Å². The molecule has 1 aliphatic rings. The van der Waals surface area contributed by atoms with Crippen molar-refractivity contribution in [1.29, 1.82) is 0 Å². The number of amides is 1. The van der Waals surface area contributed by atoms with Gasteiger partial charge in [-0.05, 0) is 6.42 Å². The normalized spacial score (nSPS) is 26.6. The van der Waals surface area contributed by atoms with Gasteiger partial charge in [-0.1, -0.05) is 0 Å². The van der Waals surface area contributed by atoms with Crippen LogP contribution in [-0.2, 0) is 9.59 Å². The van der Waals surface area contributed by atoms with Gasteiger partial charge in [0.1, 0.15) is 6.04 Å². The van der Waals surface area contributed by atoms with Crippen LogP contribution in [0.4, 0.5) is 13.2 Å². The molecule has 0 spiro atoms. The fourth-order valence-corrected chi connectivity index (χ4v) is 1.59. The van der Waals surface area contributed by atoms with Gasteiger partial charge in [0.15, 0.2) is 0 Å². The second-order valence-corrected chi connectivity index (χ2v) is 3.53. The van der Waals surface area contributed by atoms with Gasteiger partial charge in [-0.3, -0.25) is 4.79 Å². The Morgan fingerprint density at radius 3 is 2.31 bits per heavy atom. The number of carbonyl (C=O) groups excluding carboxylic acids is 1. The number of nitrogens with zero attached hydrogens (tertiary/aromatic N) is 1. The van der Waals surface area contributed by atoms with Crippen LogP contribution in [0.3, 0.4) is 0 Å². The SMILES string of the molecule is O=C(O)[C@H]1C[C@H](O)CCN1C(=O)C(F)(F)F. The van der Waals surface area contributed by atoms with Gasteiger partial charge in [0, 0.05) is 13.0 Å². The van der Waals surface area contributed by atoms with Gasteiger partial charge in [-0.2, -0.15) is 13.2 Å². The van der Waals surface area contributed by atoms with Crippen LogP contribution in [0.25, 0.3) is 0 Å². The summed E-state index contributed by atoms with van der Waals surface area (Å²) in [6.07, 6.45) is -6.50. The molecule has 0 aromatic carbocycles. The van der Waals surface area contributed by atoms with Gasteiger partial charge in [0.05, 0.1) is 6.10 Å². The van der Waals surface area contributed by atoms with Crippen LogP contribution in [0.1, 0.15) is 12.8 Å². The quantitative estimate of drug-likeness (QED) is 0.676. The number of aliphatic hydroxyl groups excluding tert-OH is 1. The van der Waals surface area contributed by atoms with Crippen LogP contribution in [0.5, 0.6) is 0 Å². The Labute approximate surface area is 88.5 Å². The number of carboxylic acids is 1. The average molecular weight is 241 g/mol. The Morgan fingerprint density at radius 2 is 1.88 bits per heavy atom. The largest absolute Gasteiger partial charge is 0.480 e. The van der Waals surface area contributed by atoms with E-state index in [1.807, 2.05) is 0 Å². The van der Waals surface area contributed by atoms with Crippen molar-refractivity contribution in [2.45, 2.75) is 31.2 Å². The Hall–Kier alpha value is -1.31. The first kappa shape index (κ1) is 12.8. The van der Waals surface area contributed by atoms with Crippen molar-refractivity contribution in [1.82, 2.24) is 4.90 Å². The molecule has 16 heavy (non-hydrogen) atoms. The van der Waals surface area contributed by atoms with Crippen LogP contribution >= 0.6 is 0 Å². The molecule has 2 atom stereocenters. The second kappa shape index (κ2) is 4.28. The molecule has 92 valence electrons. The number of alkyl halides is 3. The number of aliphatic carboxylic acids is 1. The lowest BCUT2D eigenvalue weighted by molar-refractivity contribution is -0.192. The van der Waals surface area contributed by atoms with Crippen molar-refractivity contribution >= 4 is 11.9 Å². The summed E-state index contributed by atoms with van der Waals surface area (Å²) in [6.45, 7) is -0.406. The van der Waals surface area contributed by atoms with Gasteiger partial charge >= 0.3 is 18.1 Å². The molecule has 5 nitrogen and oxygen atoms in total. The first-order valence-corrected chi connectivity index (χ1v) is 4.52. The van der Waals surface area contributed by atoms with E-state index < -0.39 is 36.7 Å². The van der Waals surface area contributed by atoms with Crippen molar-refractivity contribution in [3.8, 4) is 0 Å². The zero-order valence-corrected chi connectivity index (χ0v) is 8.07. The van der Waals surface area contributed by atoms with Crippen molar-refractivity contribution in [2.24, 2.45) is 0 Å². The van der Waals surface area contributed by atoms with E-state index in [9.17, 15) is 22.8 Å². The monoisotopic (exact) mass is 241 g/mol. The van der Waals surface area contributed by atoms with Gasteiger partial charge in [0.2, 0.25) is 0 Å². The Balaban J connectivity index is 2.85. The first-order chi connectivity index (χ1) is 7.23. The number of likely N-dealkylation sites (tertiary alicyclic amines) is 1. The van der Waals surface area contributed by atoms with Crippen molar-refractivity contribution in [3.05, 3.63) is 0 Å². The fraction of sp³-hybridized carbons (Fsp3) is 0.750. The van der Waals surface area contributed by atoms with Crippen LogP contribution < -0.4 is 0 Å². The highest BCUT2D eigenvalue weighted by molar-refractivity contribution is 5.87. The molecule has 0 unspecified atom stereocenters. The minimum absolute atomic E-state index is 0.0500. The molecule has 1 saturated heterocycles. The lowest BCUT2D eigenvalue weighted by Gasteiger charge is -2.35. The minimum Gasteiger partial charge on any atom is -0.480 e. The number of rotatable bonds is 1. The summed E-state index contributed by atoms with van der Waals surface area (Å²) in [5, 5.41) is 17.8. The number of hydrogen-bond acceptors (Lipinski definition) is 3. The molecule has 0 bridgehead atoms. The van der Waals surface area contributed by atoms with Crippen molar-refractivity contribution in [2.75, 3.05) is 6.54 Å². The van der Waals surface area contributed by atoms with Gasteiger partial charge < -0.3 is 15.1 Å². The summed E-state index contributed by atoms with van der Waals surface area (Å²) in [5.41, 5.74) is 0. The Kier molecular flexibility index (Phi) is 3.41. The molecule has 0 aromatic heterocycles. The molecular weight excluding hydrogens is 231 g/mol. The van der Waals surface area contributed by atoms with E-state index in [2.05, 4.69) is 0 Å². The summed E-state index contributed by atoms with van der Waals surface area (Å²) >= 11 is 0. The summed E-state index contributed by atoms with van der Waals surface area (Å²) in [7, 11) is 0. The highest BCUT2D eigenvalue weighted by Gasteiger charge is 2.47. The number of carbonyl (C=O) groups is 2. The third kappa shape index (κ3) is 2.63. The van der Waals surface area contributed by atoms with Crippen LogP contribution in [0.15, 0.2) is 0 Å². The van der Waals surface area contributed by atoms with E-state index in [-0.39, 0.29) is 17.7 Å². The molecule has 1 fully saturated rings. The molecule has 1 rings (SSSR count). The smallest absolute Gasteiger partial charge is 0.471 e. The maximum atomic E-state index is 12.1. The van der Waals surface area contributed by atoms with Gasteiger partial charge in [0.25, 0.3) is 0 Å². The van der Waals surface area contributed by atoms with E-state index in [0.29, 0.717) is 0 Å². The molecule has 0 saturated carbocycles. The van der Waals surface area contributed by atoms with Gasteiger partial charge in [-0.25, -0.2) is 4.79 Å². The van der Waals surface area contributed by atoms with Crippen LogP contribution in [0.2, 0.25) is 0 Å². The van der Waals surface area contributed by atoms with E-state index in [1.165, 1.54) is 0 Å². The Bertz CT molecular complexity index is 304. The molecule has 1 amide bonds. The van der Waals surface area contributed by atoms with E-state index in [1.54, 1.807) is 0 Å². The Morgan fingerprint density at radius 1 is 1.31 bits per heavy atom. The highest BCUT2D eigenvalue weighted by Crippen LogP contribution is 2.25. The fourth-order valence-electron chi connectivity index (χ4n) is 1.59. The summed E-state index contributed by atoms with van der Waals surface area (Å²) in [6, 6.07) is -1.61. The predicted molar refractivity (Wildman–Crippen MR) is 44.4 cm³/mol. The van der Waals surface area contributed by atoms with Crippen LogP contribution in [0, 0.1) is 0 Å². The molecule has 8 heteroatoms. The molecular formula is C8H10F3NO4. The summed E-state index contributed by atoms with van der Waals surface area (Å²) in [5.74, 6) is -3.72. The zero-order valence-electron chi connectivity index (χ0n) is 8.07. The third-order valence-corrected chi connectivity index (χ3v) is 2.36. The number of aliphatic hydroxyl groups is 1. The summed E-state index contributed by atoms with van der Waals surface area (Å²) < 4.78 is 36.4. The summed E-state index contributed by atoms with van der Waals surface area (Å²) in [4.78, 5) is 21.8. The topological polar surface area (TPSA) is 77.8 Å². The molecule has 1 aliphatic heterocycles. The minimum atomic E-state index is -5.09. The van der Waals surface area contributed by atoms with E-state index in [0.717, 1.165) is 0 Å². The predicted octanol–water partition coefficient (Wildman–Crippen LogP) is -0.0148.